The summed E-state index contributed by atoms with van der Waals surface area (Å²) in [5.41, 5.74) is -0.218. The molecule has 0 atom stereocenters. The third-order valence-corrected chi connectivity index (χ3v) is 2.20. The van der Waals surface area contributed by atoms with Gasteiger partial charge in [-0.1, -0.05) is 41.5 Å². The fraction of sp³-hybridized carbons (Fsp3) is 0.923. The number of carbonyl (C=O) groups is 1. The van der Waals surface area contributed by atoms with Gasteiger partial charge in [0.05, 0.1) is 0 Å². The second-order valence-corrected chi connectivity index (χ2v) is 6.09. The van der Waals surface area contributed by atoms with Crippen LogP contribution >= 0.6 is 0 Å². The highest BCUT2D eigenvalue weighted by molar-refractivity contribution is 5.58. The van der Waals surface area contributed by atoms with Gasteiger partial charge in [-0.05, 0) is 11.8 Å². The summed E-state index contributed by atoms with van der Waals surface area (Å²) in [7, 11) is 0. The number of carbonyl (C=O) groups excluding carboxylic acids is 1. The quantitative estimate of drug-likeness (QED) is 0.606. The number of aldehydes is 1. The second-order valence-electron chi connectivity index (χ2n) is 6.09. The smallest absolute Gasteiger partial charge is 0.126 e. The van der Waals surface area contributed by atoms with Crippen LogP contribution in [0.5, 0.6) is 0 Å². The lowest BCUT2D eigenvalue weighted by atomic mass is 9.94. The predicted octanol–water partition coefficient (Wildman–Crippen LogP) is 2.83. The summed E-state index contributed by atoms with van der Waals surface area (Å²) in [5, 5.41) is 0. The molecular weight excluding hydrogens is 186 g/mol. The lowest BCUT2D eigenvalue weighted by Crippen LogP contribution is -2.39. The summed E-state index contributed by atoms with van der Waals surface area (Å²) >= 11 is 0. The molecule has 90 valence electrons. The van der Waals surface area contributed by atoms with Crippen LogP contribution in [-0.2, 0) is 4.79 Å². The van der Waals surface area contributed by atoms with Crippen LogP contribution in [-0.4, -0.2) is 30.8 Å². The number of rotatable bonds is 7. The Kier molecular flexibility index (Phi) is 6.11. The standard InChI is InChI=1S/C13H27NO/c1-11(2)7-14(8-12(3)4)9-13(5,6)10-15/h10-12H,7-9H2,1-6H3. The van der Waals surface area contributed by atoms with E-state index in [1.807, 2.05) is 13.8 Å². The van der Waals surface area contributed by atoms with Gasteiger partial charge in [0, 0.05) is 25.0 Å². The third-order valence-electron chi connectivity index (χ3n) is 2.20. The first-order valence-corrected chi connectivity index (χ1v) is 5.95. The first-order valence-electron chi connectivity index (χ1n) is 5.95. The minimum Gasteiger partial charge on any atom is -0.303 e. The van der Waals surface area contributed by atoms with Crippen molar-refractivity contribution in [3.05, 3.63) is 0 Å². The van der Waals surface area contributed by atoms with Gasteiger partial charge in [0.2, 0.25) is 0 Å². The summed E-state index contributed by atoms with van der Waals surface area (Å²) in [6.07, 6.45) is 1.07. The highest BCUT2D eigenvalue weighted by Crippen LogP contribution is 2.15. The van der Waals surface area contributed by atoms with E-state index in [4.69, 9.17) is 0 Å². The van der Waals surface area contributed by atoms with Crippen LogP contribution in [0.3, 0.4) is 0 Å². The lowest BCUT2D eigenvalue weighted by molar-refractivity contribution is -0.115. The molecule has 2 heteroatoms. The average Bonchev–Trinajstić information content (AvgIpc) is 2.00. The van der Waals surface area contributed by atoms with Gasteiger partial charge in [-0.15, -0.1) is 0 Å². The van der Waals surface area contributed by atoms with Crippen LogP contribution < -0.4 is 0 Å². The maximum atomic E-state index is 10.9. The highest BCUT2D eigenvalue weighted by atomic mass is 16.1. The molecule has 0 aliphatic heterocycles. The molecule has 0 bridgehead atoms. The summed E-state index contributed by atoms with van der Waals surface area (Å²) in [6.45, 7) is 15.9. The molecule has 0 aliphatic carbocycles. The zero-order valence-electron chi connectivity index (χ0n) is 11.2. The monoisotopic (exact) mass is 213 g/mol. The molecule has 0 saturated heterocycles. The molecule has 0 N–H and O–H groups in total. The van der Waals surface area contributed by atoms with E-state index in [0.29, 0.717) is 11.8 Å². The summed E-state index contributed by atoms with van der Waals surface area (Å²) < 4.78 is 0. The lowest BCUT2D eigenvalue weighted by Gasteiger charge is -2.31. The molecule has 0 radical (unpaired) electrons. The fourth-order valence-electron chi connectivity index (χ4n) is 1.85. The van der Waals surface area contributed by atoms with Gasteiger partial charge in [0.1, 0.15) is 6.29 Å². The van der Waals surface area contributed by atoms with E-state index >= 15 is 0 Å². The van der Waals surface area contributed by atoms with Crippen LogP contribution in [0.4, 0.5) is 0 Å². The maximum Gasteiger partial charge on any atom is 0.126 e. The van der Waals surface area contributed by atoms with E-state index in [1.54, 1.807) is 0 Å². The molecule has 15 heavy (non-hydrogen) atoms. The van der Waals surface area contributed by atoms with Crippen molar-refractivity contribution in [1.29, 1.82) is 0 Å². The maximum absolute atomic E-state index is 10.9. The molecule has 0 heterocycles. The zero-order valence-corrected chi connectivity index (χ0v) is 11.2. The van der Waals surface area contributed by atoms with Crippen molar-refractivity contribution in [2.24, 2.45) is 17.3 Å². The van der Waals surface area contributed by atoms with E-state index in [2.05, 4.69) is 32.6 Å². The molecule has 2 nitrogen and oxygen atoms in total. The fourth-order valence-corrected chi connectivity index (χ4v) is 1.85. The van der Waals surface area contributed by atoms with E-state index in [9.17, 15) is 4.79 Å². The minimum absolute atomic E-state index is 0.218. The Morgan fingerprint density at radius 3 is 1.73 bits per heavy atom. The Morgan fingerprint density at radius 2 is 1.47 bits per heavy atom. The zero-order chi connectivity index (χ0) is 12.1. The van der Waals surface area contributed by atoms with Crippen LogP contribution in [0.15, 0.2) is 0 Å². The summed E-state index contributed by atoms with van der Waals surface area (Å²) in [4.78, 5) is 13.3. The second kappa shape index (κ2) is 6.26. The van der Waals surface area contributed by atoms with Crippen LogP contribution in [0.1, 0.15) is 41.5 Å². The Morgan fingerprint density at radius 1 is 1.07 bits per heavy atom. The first kappa shape index (κ1) is 14.6. The van der Waals surface area contributed by atoms with E-state index in [0.717, 1.165) is 25.9 Å². The van der Waals surface area contributed by atoms with Crippen molar-refractivity contribution in [1.82, 2.24) is 4.90 Å². The molecule has 0 unspecified atom stereocenters. The summed E-state index contributed by atoms with van der Waals surface area (Å²) in [5.74, 6) is 1.32. The first-order chi connectivity index (χ1) is 6.76. The minimum atomic E-state index is -0.218. The van der Waals surface area contributed by atoms with Crippen molar-refractivity contribution < 1.29 is 4.79 Å². The van der Waals surface area contributed by atoms with Gasteiger partial charge in [0.15, 0.2) is 0 Å². The Hall–Kier alpha value is -0.370. The van der Waals surface area contributed by atoms with Gasteiger partial charge >= 0.3 is 0 Å². The van der Waals surface area contributed by atoms with Crippen LogP contribution in [0, 0.1) is 17.3 Å². The summed E-state index contributed by atoms with van der Waals surface area (Å²) in [6, 6.07) is 0. The van der Waals surface area contributed by atoms with Gasteiger partial charge < -0.3 is 9.69 Å². The molecule has 0 amide bonds. The van der Waals surface area contributed by atoms with Crippen molar-refractivity contribution in [2.75, 3.05) is 19.6 Å². The van der Waals surface area contributed by atoms with Crippen molar-refractivity contribution >= 4 is 6.29 Å². The van der Waals surface area contributed by atoms with Gasteiger partial charge in [-0.3, -0.25) is 0 Å². The number of nitrogens with zero attached hydrogens (tertiary/aromatic N) is 1. The molecule has 0 aliphatic rings. The number of hydrogen-bond acceptors (Lipinski definition) is 2. The average molecular weight is 213 g/mol. The Labute approximate surface area is 95.0 Å². The Bertz CT molecular complexity index is 175. The third kappa shape index (κ3) is 7.55. The van der Waals surface area contributed by atoms with Crippen molar-refractivity contribution in [3.63, 3.8) is 0 Å². The topological polar surface area (TPSA) is 20.3 Å². The SMILES string of the molecule is CC(C)CN(CC(C)C)CC(C)(C)C=O. The van der Waals surface area contributed by atoms with E-state index in [-0.39, 0.29) is 5.41 Å². The van der Waals surface area contributed by atoms with E-state index < -0.39 is 0 Å². The number of hydrogen-bond donors (Lipinski definition) is 0. The van der Waals surface area contributed by atoms with E-state index in [1.165, 1.54) is 0 Å². The largest absolute Gasteiger partial charge is 0.303 e. The molecule has 0 aromatic heterocycles. The van der Waals surface area contributed by atoms with Crippen molar-refractivity contribution in [3.8, 4) is 0 Å². The molecule has 0 spiro atoms. The molecular formula is C13H27NO. The molecule has 0 saturated carbocycles. The van der Waals surface area contributed by atoms with Gasteiger partial charge in [-0.2, -0.15) is 0 Å². The molecule has 0 aromatic carbocycles. The van der Waals surface area contributed by atoms with Crippen LogP contribution in [0.2, 0.25) is 0 Å². The highest BCUT2D eigenvalue weighted by Gasteiger charge is 2.21. The van der Waals surface area contributed by atoms with Crippen LogP contribution in [0.25, 0.3) is 0 Å². The Balaban J connectivity index is 4.29. The normalized spacial score (nSPS) is 12.9. The van der Waals surface area contributed by atoms with Gasteiger partial charge in [0.25, 0.3) is 0 Å². The van der Waals surface area contributed by atoms with Crippen molar-refractivity contribution in [2.45, 2.75) is 41.5 Å². The van der Waals surface area contributed by atoms with Gasteiger partial charge in [-0.25, -0.2) is 0 Å². The molecule has 0 fully saturated rings. The molecule has 0 aromatic rings. The molecule has 0 rings (SSSR count). The predicted molar refractivity (Wildman–Crippen MR) is 66.0 cm³/mol.